The topological polar surface area (TPSA) is 88.5 Å². The van der Waals surface area contributed by atoms with E-state index in [4.69, 9.17) is 17.0 Å². The number of nitrogens with one attached hydrogen (secondary N) is 2. The molecule has 1 aliphatic heterocycles. The van der Waals surface area contributed by atoms with Gasteiger partial charge in [-0.25, -0.2) is 8.42 Å². The fourth-order valence-corrected chi connectivity index (χ4v) is 6.16. The Kier molecular flexibility index (Phi) is 7.09. The Balaban J connectivity index is 1.68. The number of nitrogens with zero attached hydrogens (tertiary/aromatic N) is 3. The number of benzene rings is 2. The second-order valence-corrected chi connectivity index (χ2v) is 11.9. The van der Waals surface area contributed by atoms with Crippen LogP contribution in [0.3, 0.4) is 0 Å². The van der Waals surface area contributed by atoms with Crippen LogP contribution in [0.2, 0.25) is 0 Å². The number of hydrogen-bond acceptors (Lipinski definition) is 5. The summed E-state index contributed by atoms with van der Waals surface area (Å²) in [5.41, 5.74) is 7.47. The molecule has 202 valence electrons. The lowest BCUT2D eigenvalue weighted by Gasteiger charge is -2.29. The molecule has 0 bridgehead atoms. The lowest BCUT2D eigenvalue weighted by Crippen LogP contribution is -2.29. The molecule has 2 atom stereocenters. The van der Waals surface area contributed by atoms with Crippen molar-refractivity contribution in [2.75, 3.05) is 23.0 Å². The number of anilines is 2. The van der Waals surface area contributed by atoms with Crippen molar-refractivity contribution in [3.63, 3.8) is 0 Å². The first kappa shape index (κ1) is 26.7. The number of rotatable bonds is 7. The third-order valence-corrected chi connectivity index (χ3v) is 7.84. The average molecular weight is 562 g/mol. The van der Waals surface area contributed by atoms with E-state index in [-0.39, 0.29) is 12.1 Å². The molecule has 1 fully saturated rings. The van der Waals surface area contributed by atoms with Crippen molar-refractivity contribution in [2.45, 2.75) is 32.9 Å². The van der Waals surface area contributed by atoms with Crippen LogP contribution in [0, 0.1) is 20.8 Å². The minimum Gasteiger partial charge on any atom is -0.495 e. The number of methoxy groups -OCH3 is 1. The molecule has 4 aromatic rings. The molecule has 3 heterocycles. The van der Waals surface area contributed by atoms with E-state index in [1.807, 2.05) is 29.2 Å². The van der Waals surface area contributed by atoms with Crippen molar-refractivity contribution in [3.8, 4) is 11.4 Å². The summed E-state index contributed by atoms with van der Waals surface area (Å²) in [7, 11) is -2.03. The highest BCUT2D eigenvalue weighted by atomic mass is 32.2. The molecule has 2 aromatic heterocycles. The van der Waals surface area contributed by atoms with Crippen molar-refractivity contribution in [2.24, 2.45) is 0 Å². The minimum absolute atomic E-state index is 0.237. The van der Waals surface area contributed by atoms with Crippen molar-refractivity contribution in [3.05, 3.63) is 101 Å². The van der Waals surface area contributed by atoms with Crippen molar-refractivity contribution >= 4 is 38.7 Å². The SMILES string of the molecule is COc1ccc(N2C(=S)N[C@@H](c3ccccn3)[C@@H]2c2cc(C)n(-c3ccc(C)cc3)c2C)cc1NS(C)(=O)=O. The Bertz CT molecular complexity index is 1630. The van der Waals surface area contributed by atoms with Gasteiger partial charge in [-0.1, -0.05) is 23.8 Å². The highest BCUT2D eigenvalue weighted by molar-refractivity contribution is 7.92. The third kappa shape index (κ3) is 5.22. The quantitative estimate of drug-likeness (QED) is 0.294. The van der Waals surface area contributed by atoms with Gasteiger partial charge in [-0.15, -0.1) is 0 Å². The molecule has 1 saturated heterocycles. The molecule has 0 amide bonds. The van der Waals surface area contributed by atoms with E-state index in [0.29, 0.717) is 16.5 Å². The molecule has 0 saturated carbocycles. The highest BCUT2D eigenvalue weighted by Crippen LogP contribution is 2.45. The van der Waals surface area contributed by atoms with Gasteiger partial charge in [-0.2, -0.15) is 0 Å². The van der Waals surface area contributed by atoms with Crippen molar-refractivity contribution in [1.82, 2.24) is 14.9 Å². The van der Waals surface area contributed by atoms with E-state index >= 15 is 0 Å². The second-order valence-electron chi connectivity index (χ2n) is 9.75. The van der Waals surface area contributed by atoms with Crippen LogP contribution in [0.1, 0.15) is 40.3 Å². The molecular formula is C29H31N5O3S2. The summed E-state index contributed by atoms with van der Waals surface area (Å²) >= 11 is 5.89. The van der Waals surface area contributed by atoms with Crippen LogP contribution in [-0.2, 0) is 10.0 Å². The largest absolute Gasteiger partial charge is 0.495 e. The number of aryl methyl sites for hydroxylation is 2. The molecule has 10 heteroatoms. The van der Waals surface area contributed by atoms with E-state index < -0.39 is 10.0 Å². The van der Waals surface area contributed by atoms with E-state index in [2.05, 4.69) is 70.7 Å². The molecule has 8 nitrogen and oxygen atoms in total. The van der Waals surface area contributed by atoms with E-state index in [1.54, 1.807) is 18.3 Å². The first-order valence-electron chi connectivity index (χ1n) is 12.5. The van der Waals surface area contributed by atoms with Crippen LogP contribution in [0.4, 0.5) is 11.4 Å². The Labute approximate surface area is 234 Å². The van der Waals surface area contributed by atoms with E-state index in [0.717, 1.165) is 40.3 Å². The number of ether oxygens (including phenoxy) is 1. The number of aromatic nitrogens is 2. The van der Waals surface area contributed by atoms with Gasteiger partial charge in [0, 0.05) is 29.0 Å². The molecule has 0 aliphatic carbocycles. The molecule has 0 spiro atoms. The lowest BCUT2D eigenvalue weighted by atomic mass is 9.96. The van der Waals surface area contributed by atoms with Gasteiger partial charge in [-0.05, 0) is 87.1 Å². The van der Waals surface area contributed by atoms with Gasteiger partial charge in [0.25, 0.3) is 0 Å². The van der Waals surface area contributed by atoms with Crippen LogP contribution in [0.25, 0.3) is 5.69 Å². The standard InChI is InChI=1S/C29H31N5O3S2/c1-18-9-11-21(12-10-18)33-19(2)16-23(20(33)3)28-27(24-8-6-7-15-30-24)31-29(38)34(28)22-13-14-26(37-4)25(17-22)32-39(5,35)36/h6-17,27-28,32H,1-5H3,(H,31,38)/t27-,28-/m0/s1. The van der Waals surface area contributed by atoms with E-state index in [9.17, 15) is 8.42 Å². The molecule has 2 N–H and O–H groups in total. The molecule has 1 aliphatic rings. The molecule has 2 aromatic carbocycles. The summed E-state index contributed by atoms with van der Waals surface area (Å²) in [6.07, 6.45) is 2.89. The van der Waals surface area contributed by atoms with E-state index in [1.165, 1.54) is 12.7 Å². The van der Waals surface area contributed by atoms with Crippen LogP contribution in [0.5, 0.6) is 5.75 Å². The van der Waals surface area contributed by atoms with Crippen molar-refractivity contribution < 1.29 is 13.2 Å². The Morgan fingerprint density at radius 1 is 1.00 bits per heavy atom. The zero-order valence-electron chi connectivity index (χ0n) is 22.5. The summed E-state index contributed by atoms with van der Waals surface area (Å²) in [6.45, 7) is 6.29. The Morgan fingerprint density at radius 2 is 1.72 bits per heavy atom. The molecule has 5 rings (SSSR count). The predicted octanol–water partition coefficient (Wildman–Crippen LogP) is 5.35. The monoisotopic (exact) mass is 561 g/mol. The normalized spacial score (nSPS) is 17.3. The summed E-state index contributed by atoms with van der Waals surface area (Å²) < 4.78 is 34.4. The fraction of sp³-hybridized carbons (Fsp3) is 0.241. The summed E-state index contributed by atoms with van der Waals surface area (Å²) in [5, 5.41) is 4.00. The minimum atomic E-state index is -3.54. The summed E-state index contributed by atoms with van der Waals surface area (Å²) in [6, 6.07) is 21.4. The summed E-state index contributed by atoms with van der Waals surface area (Å²) in [4.78, 5) is 6.68. The van der Waals surface area contributed by atoms with Gasteiger partial charge in [0.05, 0.1) is 36.8 Å². The zero-order chi connectivity index (χ0) is 27.9. The van der Waals surface area contributed by atoms with Gasteiger partial charge in [-0.3, -0.25) is 9.71 Å². The van der Waals surface area contributed by atoms with Crippen molar-refractivity contribution in [1.29, 1.82) is 0 Å². The second kappa shape index (κ2) is 10.3. The Morgan fingerprint density at radius 3 is 2.36 bits per heavy atom. The smallest absolute Gasteiger partial charge is 0.229 e. The lowest BCUT2D eigenvalue weighted by molar-refractivity contribution is 0.417. The first-order chi connectivity index (χ1) is 18.6. The number of pyridine rings is 1. The number of hydrogen-bond donors (Lipinski definition) is 2. The van der Waals surface area contributed by atoms with Crippen LogP contribution in [0.15, 0.2) is 72.9 Å². The van der Waals surface area contributed by atoms with Gasteiger partial charge in [0.15, 0.2) is 5.11 Å². The zero-order valence-corrected chi connectivity index (χ0v) is 24.1. The third-order valence-electron chi connectivity index (χ3n) is 6.94. The average Bonchev–Trinajstić information content (AvgIpc) is 3.39. The maximum absolute atomic E-state index is 12.1. The number of sulfonamides is 1. The maximum atomic E-state index is 12.1. The first-order valence-corrected chi connectivity index (χ1v) is 14.8. The van der Waals surface area contributed by atoms with Gasteiger partial charge in [0.2, 0.25) is 10.0 Å². The highest BCUT2D eigenvalue weighted by Gasteiger charge is 2.42. The van der Waals surface area contributed by atoms with Crippen LogP contribution < -0.4 is 19.7 Å². The fourth-order valence-electron chi connectivity index (χ4n) is 5.25. The predicted molar refractivity (Wildman–Crippen MR) is 159 cm³/mol. The summed E-state index contributed by atoms with van der Waals surface area (Å²) in [5.74, 6) is 0.414. The van der Waals surface area contributed by atoms with Crippen LogP contribution >= 0.6 is 12.2 Å². The Hall–Kier alpha value is -3.89. The van der Waals surface area contributed by atoms with Gasteiger partial charge >= 0.3 is 0 Å². The van der Waals surface area contributed by atoms with Gasteiger partial charge in [0.1, 0.15) is 5.75 Å². The molecule has 39 heavy (non-hydrogen) atoms. The molecule has 0 radical (unpaired) electrons. The molecular weight excluding hydrogens is 530 g/mol. The molecule has 0 unspecified atom stereocenters. The maximum Gasteiger partial charge on any atom is 0.229 e. The number of thiocarbonyl (C=S) groups is 1. The van der Waals surface area contributed by atoms with Gasteiger partial charge < -0.3 is 19.5 Å². The van der Waals surface area contributed by atoms with Crippen LogP contribution in [-0.4, -0.2) is 36.4 Å².